The van der Waals surface area contributed by atoms with Crippen LogP contribution in [0.25, 0.3) is 0 Å². The van der Waals surface area contributed by atoms with Crippen molar-refractivity contribution in [2.75, 3.05) is 20.2 Å². The highest BCUT2D eigenvalue weighted by Crippen LogP contribution is 2.41. The highest BCUT2D eigenvalue weighted by atomic mass is 16.5. The fourth-order valence-electron chi connectivity index (χ4n) is 3.78. The van der Waals surface area contributed by atoms with Gasteiger partial charge in [0.2, 0.25) is 0 Å². The van der Waals surface area contributed by atoms with E-state index in [1.165, 1.54) is 0 Å². The molecule has 1 spiro atoms. The van der Waals surface area contributed by atoms with E-state index in [1.54, 1.807) is 18.2 Å². The summed E-state index contributed by atoms with van der Waals surface area (Å²) < 4.78 is 5.93. The Balaban J connectivity index is 1.90. The summed E-state index contributed by atoms with van der Waals surface area (Å²) in [5, 5.41) is 0. The molecule has 2 heterocycles. The smallest absolute Gasteiger partial charge is 0.181 e. The van der Waals surface area contributed by atoms with Gasteiger partial charge in [-0.05, 0) is 36.4 Å². The quantitative estimate of drug-likeness (QED) is 0.759. The number of carbonyl (C=O) groups excluding carboxylic acids is 2. The van der Waals surface area contributed by atoms with E-state index in [1.807, 2.05) is 25.2 Å². The van der Waals surface area contributed by atoms with Crippen molar-refractivity contribution in [2.24, 2.45) is 0 Å². The minimum atomic E-state index is -0.696. The number of Topliss-reactive ketones (excluding diaryl/α,β-unsaturated/α-hetero) is 1. The van der Waals surface area contributed by atoms with E-state index in [0.717, 1.165) is 24.0 Å². The molecule has 0 N–H and O–H groups in total. The number of carbonyl (C=O) groups is 2. The van der Waals surface area contributed by atoms with E-state index in [2.05, 4.69) is 11.0 Å². The first-order valence-electron chi connectivity index (χ1n) is 7.68. The molecule has 1 atom stereocenters. The molecule has 0 aliphatic carbocycles. The Morgan fingerprint density at radius 2 is 2.04 bits per heavy atom. The second kappa shape index (κ2) is 5.03. The highest BCUT2D eigenvalue weighted by Gasteiger charge is 2.49. The predicted octanol–water partition coefficient (Wildman–Crippen LogP) is 2.46. The van der Waals surface area contributed by atoms with Crippen molar-refractivity contribution >= 4 is 12.1 Å². The van der Waals surface area contributed by atoms with Crippen LogP contribution in [0.1, 0.15) is 31.8 Å². The van der Waals surface area contributed by atoms with Crippen molar-refractivity contribution in [3.63, 3.8) is 0 Å². The number of fused-ring (bicyclic) bond motifs is 3. The minimum Gasteiger partial charge on any atom is -0.491 e. The van der Waals surface area contributed by atoms with Gasteiger partial charge >= 0.3 is 0 Å². The number of benzene rings is 2. The van der Waals surface area contributed by atoms with Crippen molar-refractivity contribution in [3.05, 3.63) is 64.7 Å². The molecule has 116 valence electrons. The Hall–Kier alpha value is -2.46. The topological polar surface area (TPSA) is 46.6 Å². The summed E-state index contributed by atoms with van der Waals surface area (Å²) in [7, 11) is 2.02. The van der Waals surface area contributed by atoms with Crippen LogP contribution in [0.15, 0.2) is 42.5 Å². The van der Waals surface area contributed by atoms with E-state index in [-0.39, 0.29) is 5.78 Å². The Labute approximate surface area is 134 Å². The molecule has 0 amide bonds. The van der Waals surface area contributed by atoms with Crippen LogP contribution in [0.3, 0.4) is 0 Å². The Morgan fingerprint density at radius 1 is 1.22 bits per heavy atom. The molecule has 0 aromatic heterocycles. The number of nitrogens with zero attached hydrogens (tertiary/aromatic N) is 1. The molecule has 4 heteroatoms. The zero-order valence-electron chi connectivity index (χ0n) is 12.9. The van der Waals surface area contributed by atoms with E-state index in [4.69, 9.17) is 4.74 Å². The summed E-state index contributed by atoms with van der Waals surface area (Å²) in [6, 6.07) is 13.1. The van der Waals surface area contributed by atoms with Crippen LogP contribution in [-0.2, 0) is 12.0 Å². The summed E-state index contributed by atoms with van der Waals surface area (Å²) >= 11 is 0. The van der Waals surface area contributed by atoms with Gasteiger partial charge in [-0.1, -0.05) is 24.3 Å². The molecule has 2 aromatic carbocycles. The standard InChI is InChI=1S/C19H17NO3/c1-20-9-14-4-2-3-5-16(14)19(11-20)12-23-17-7-6-13(10-21)8-15(17)18(19)22/h2-8,10H,9,11-12H2,1H3. The number of hydrogen-bond acceptors (Lipinski definition) is 4. The van der Waals surface area contributed by atoms with Crippen LogP contribution in [0.4, 0.5) is 0 Å². The second-order valence-corrected chi connectivity index (χ2v) is 6.40. The van der Waals surface area contributed by atoms with Crippen LogP contribution in [-0.4, -0.2) is 37.2 Å². The van der Waals surface area contributed by atoms with Gasteiger partial charge in [-0.15, -0.1) is 0 Å². The first-order chi connectivity index (χ1) is 11.1. The summed E-state index contributed by atoms with van der Waals surface area (Å²) in [4.78, 5) is 26.6. The molecule has 2 aromatic rings. The zero-order chi connectivity index (χ0) is 16.0. The zero-order valence-corrected chi connectivity index (χ0v) is 12.9. The van der Waals surface area contributed by atoms with Gasteiger partial charge in [-0.3, -0.25) is 9.59 Å². The number of rotatable bonds is 1. The number of ether oxygens (including phenoxy) is 1. The lowest BCUT2D eigenvalue weighted by Crippen LogP contribution is -2.54. The third-order valence-corrected chi connectivity index (χ3v) is 4.81. The first kappa shape index (κ1) is 14.2. The normalized spacial score (nSPS) is 23.1. The Bertz CT molecular complexity index is 814. The lowest BCUT2D eigenvalue weighted by Gasteiger charge is -2.44. The van der Waals surface area contributed by atoms with Gasteiger partial charge in [0.15, 0.2) is 5.78 Å². The fourth-order valence-corrected chi connectivity index (χ4v) is 3.78. The molecule has 0 saturated carbocycles. The second-order valence-electron chi connectivity index (χ2n) is 6.40. The van der Waals surface area contributed by atoms with Crippen molar-refractivity contribution < 1.29 is 14.3 Å². The largest absolute Gasteiger partial charge is 0.491 e. The molecule has 0 bridgehead atoms. The molecular formula is C19H17NO3. The van der Waals surface area contributed by atoms with Crippen LogP contribution < -0.4 is 4.74 Å². The Kier molecular flexibility index (Phi) is 3.10. The van der Waals surface area contributed by atoms with Gasteiger partial charge in [0.1, 0.15) is 24.1 Å². The van der Waals surface area contributed by atoms with Crippen molar-refractivity contribution in [1.82, 2.24) is 4.90 Å². The van der Waals surface area contributed by atoms with Crippen LogP contribution in [0.2, 0.25) is 0 Å². The average molecular weight is 307 g/mol. The minimum absolute atomic E-state index is 0.0430. The number of likely N-dealkylation sites (N-methyl/N-ethyl adjacent to an activating group) is 1. The molecule has 1 unspecified atom stereocenters. The van der Waals surface area contributed by atoms with Gasteiger partial charge in [-0.2, -0.15) is 0 Å². The van der Waals surface area contributed by atoms with Gasteiger partial charge in [0.25, 0.3) is 0 Å². The third kappa shape index (κ3) is 2.02. The SMILES string of the molecule is CN1Cc2ccccc2C2(COc3ccc(C=O)cc3C2=O)C1. The van der Waals surface area contributed by atoms with Crippen LogP contribution in [0.5, 0.6) is 5.75 Å². The fraction of sp³-hybridized carbons (Fsp3) is 0.263. The maximum absolute atomic E-state index is 13.3. The maximum atomic E-state index is 13.3. The lowest BCUT2D eigenvalue weighted by molar-refractivity contribution is 0.0662. The van der Waals surface area contributed by atoms with E-state index < -0.39 is 5.41 Å². The van der Waals surface area contributed by atoms with E-state index in [9.17, 15) is 9.59 Å². The molecule has 4 rings (SSSR count). The number of hydrogen-bond donors (Lipinski definition) is 0. The lowest BCUT2D eigenvalue weighted by atomic mass is 9.69. The van der Waals surface area contributed by atoms with E-state index in [0.29, 0.717) is 30.0 Å². The van der Waals surface area contributed by atoms with Gasteiger partial charge in [-0.25, -0.2) is 0 Å². The summed E-state index contributed by atoms with van der Waals surface area (Å²) in [6.45, 7) is 1.78. The average Bonchev–Trinajstić information content (AvgIpc) is 2.58. The van der Waals surface area contributed by atoms with Crippen LogP contribution >= 0.6 is 0 Å². The van der Waals surface area contributed by atoms with Gasteiger partial charge in [0, 0.05) is 18.7 Å². The monoisotopic (exact) mass is 307 g/mol. The molecule has 4 nitrogen and oxygen atoms in total. The van der Waals surface area contributed by atoms with Crippen molar-refractivity contribution in [2.45, 2.75) is 12.0 Å². The maximum Gasteiger partial charge on any atom is 0.181 e. The summed E-state index contributed by atoms with van der Waals surface area (Å²) in [6.07, 6.45) is 0.760. The molecular weight excluding hydrogens is 290 g/mol. The molecule has 0 saturated heterocycles. The highest BCUT2D eigenvalue weighted by molar-refractivity contribution is 6.08. The predicted molar refractivity (Wildman–Crippen MR) is 86.1 cm³/mol. The summed E-state index contributed by atoms with van der Waals surface area (Å²) in [5.41, 5.74) is 2.51. The van der Waals surface area contributed by atoms with Gasteiger partial charge in [0.05, 0.1) is 5.56 Å². The molecule has 0 radical (unpaired) electrons. The third-order valence-electron chi connectivity index (χ3n) is 4.81. The van der Waals surface area contributed by atoms with Gasteiger partial charge < -0.3 is 9.64 Å². The van der Waals surface area contributed by atoms with Crippen LogP contribution in [0, 0.1) is 0 Å². The molecule has 2 aliphatic rings. The van der Waals surface area contributed by atoms with Crippen molar-refractivity contribution in [3.8, 4) is 5.75 Å². The Morgan fingerprint density at radius 3 is 2.87 bits per heavy atom. The molecule has 23 heavy (non-hydrogen) atoms. The number of ketones is 1. The molecule has 0 fully saturated rings. The summed E-state index contributed by atoms with van der Waals surface area (Å²) in [5.74, 6) is 0.610. The van der Waals surface area contributed by atoms with E-state index >= 15 is 0 Å². The van der Waals surface area contributed by atoms with Crippen molar-refractivity contribution in [1.29, 1.82) is 0 Å². The number of aldehydes is 1. The first-order valence-corrected chi connectivity index (χ1v) is 7.68. The molecule has 2 aliphatic heterocycles.